The summed E-state index contributed by atoms with van der Waals surface area (Å²) in [6.07, 6.45) is -3.13. The van der Waals surface area contributed by atoms with Gasteiger partial charge in [0.05, 0.1) is 12.7 Å². The summed E-state index contributed by atoms with van der Waals surface area (Å²) in [5, 5.41) is 9.64. The SMILES string of the molecule is O=c1[nH]c(=O)n([C@H]2C[C@H](O)[C@@H](COP(=O)(O)O)O2)c(I)c1Cl. The number of phosphoric acid groups is 1. The predicted octanol–water partition coefficient (Wildman–Crippen LogP) is -0.448. The van der Waals surface area contributed by atoms with Gasteiger partial charge in [-0.3, -0.25) is 18.9 Å². The molecule has 0 aromatic carbocycles. The van der Waals surface area contributed by atoms with Gasteiger partial charge < -0.3 is 19.6 Å². The first kappa shape index (κ1) is 18.1. The highest BCUT2D eigenvalue weighted by Crippen LogP contribution is 2.38. The molecule has 0 aliphatic carbocycles. The van der Waals surface area contributed by atoms with Gasteiger partial charge in [0.1, 0.15) is 21.1 Å². The lowest BCUT2D eigenvalue weighted by Crippen LogP contribution is -2.35. The van der Waals surface area contributed by atoms with Crippen molar-refractivity contribution in [2.45, 2.75) is 24.9 Å². The Morgan fingerprint density at radius 1 is 1.50 bits per heavy atom. The van der Waals surface area contributed by atoms with E-state index in [2.05, 4.69) is 4.52 Å². The Bertz CT molecular complexity index is 729. The normalized spacial score (nSPS) is 25.6. The van der Waals surface area contributed by atoms with Crippen LogP contribution in [0.5, 0.6) is 0 Å². The maximum Gasteiger partial charge on any atom is 0.469 e. The molecule has 0 amide bonds. The number of H-pyrrole nitrogens is 1. The van der Waals surface area contributed by atoms with E-state index in [4.69, 9.17) is 26.1 Å². The van der Waals surface area contributed by atoms with Crippen molar-refractivity contribution in [3.63, 3.8) is 0 Å². The molecular formula is C9H11ClIN2O8P. The molecule has 1 aliphatic rings. The molecule has 10 nitrogen and oxygen atoms in total. The molecule has 2 heterocycles. The molecule has 1 saturated heterocycles. The molecule has 1 fully saturated rings. The Kier molecular flexibility index (Phi) is 5.50. The number of phosphoric ester groups is 1. The van der Waals surface area contributed by atoms with Crippen LogP contribution in [0.3, 0.4) is 0 Å². The number of aliphatic hydroxyl groups excluding tert-OH is 1. The minimum absolute atomic E-state index is 0.0343. The monoisotopic (exact) mass is 468 g/mol. The highest BCUT2D eigenvalue weighted by Gasteiger charge is 2.38. The maximum absolute atomic E-state index is 11.9. The van der Waals surface area contributed by atoms with E-state index < -0.39 is 44.1 Å². The van der Waals surface area contributed by atoms with Crippen molar-refractivity contribution < 1.29 is 28.7 Å². The minimum Gasteiger partial charge on any atom is -0.390 e. The van der Waals surface area contributed by atoms with Crippen molar-refractivity contribution in [3.8, 4) is 0 Å². The second kappa shape index (κ2) is 6.69. The molecule has 3 atom stereocenters. The van der Waals surface area contributed by atoms with E-state index >= 15 is 0 Å². The van der Waals surface area contributed by atoms with Crippen LogP contribution in [0.1, 0.15) is 12.6 Å². The fraction of sp³-hybridized carbons (Fsp3) is 0.556. The molecule has 0 spiro atoms. The van der Waals surface area contributed by atoms with E-state index in [9.17, 15) is 19.3 Å². The van der Waals surface area contributed by atoms with Crippen LogP contribution in [0, 0.1) is 3.70 Å². The average molecular weight is 469 g/mol. The molecular weight excluding hydrogens is 457 g/mol. The second-order valence-corrected chi connectivity index (χ2v) is 7.09. The topological polar surface area (TPSA) is 151 Å². The van der Waals surface area contributed by atoms with E-state index in [1.54, 1.807) is 22.6 Å². The summed E-state index contributed by atoms with van der Waals surface area (Å²) < 4.78 is 21.5. The van der Waals surface area contributed by atoms with Gasteiger partial charge in [-0.1, -0.05) is 11.6 Å². The molecule has 124 valence electrons. The van der Waals surface area contributed by atoms with Gasteiger partial charge in [0.25, 0.3) is 5.56 Å². The standard InChI is InChI=1S/C9H11ClIN2O8P/c10-6-7(11)13(9(16)12-8(6)15)5-1-3(14)4(21-5)2-20-22(17,18)19/h3-5,14H,1-2H2,(H,12,15,16)(H2,17,18,19)/t3-,4+,5+/m0/s1. The van der Waals surface area contributed by atoms with Gasteiger partial charge in [-0.25, -0.2) is 9.36 Å². The Morgan fingerprint density at radius 3 is 2.73 bits per heavy atom. The smallest absolute Gasteiger partial charge is 0.390 e. The third kappa shape index (κ3) is 3.97. The number of rotatable bonds is 4. The van der Waals surface area contributed by atoms with Gasteiger partial charge in [-0.05, 0) is 22.6 Å². The summed E-state index contributed by atoms with van der Waals surface area (Å²) in [4.78, 5) is 42.5. The second-order valence-electron chi connectivity index (χ2n) is 4.45. The fourth-order valence-corrected chi connectivity index (χ4v) is 3.21. The number of aliphatic hydroxyl groups is 1. The van der Waals surface area contributed by atoms with Gasteiger partial charge in [0.15, 0.2) is 0 Å². The van der Waals surface area contributed by atoms with Crippen LogP contribution in [0.25, 0.3) is 0 Å². The number of nitrogens with one attached hydrogen (secondary N) is 1. The van der Waals surface area contributed by atoms with E-state index in [1.807, 2.05) is 4.98 Å². The summed E-state index contributed by atoms with van der Waals surface area (Å²) in [6, 6.07) is 0. The Balaban J connectivity index is 2.23. The van der Waals surface area contributed by atoms with Crippen LogP contribution >= 0.6 is 42.0 Å². The van der Waals surface area contributed by atoms with Gasteiger partial charge in [-0.15, -0.1) is 0 Å². The quantitative estimate of drug-likeness (QED) is 0.264. The van der Waals surface area contributed by atoms with Crippen LogP contribution in [-0.2, 0) is 13.8 Å². The number of nitrogens with zero attached hydrogens (tertiary/aromatic N) is 1. The zero-order valence-corrected chi connectivity index (χ0v) is 14.5. The average Bonchev–Trinajstić information content (AvgIpc) is 2.74. The number of hydrogen-bond acceptors (Lipinski definition) is 6. The number of halogens is 2. The Morgan fingerprint density at radius 2 is 2.14 bits per heavy atom. The molecule has 2 rings (SSSR count). The minimum atomic E-state index is -4.70. The molecule has 1 aromatic rings. The zero-order valence-electron chi connectivity index (χ0n) is 10.7. The molecule has 0 bridgehead atoms. The third-order valence-corrected chi connectivity index (χ3v) is 5.14. The van der Waals surface area contributed by atoms with Gasteiger partial charge in [0.2, 0.25) is 0 Å². The van der Waals surface area contributed by atoms with Crippen LogP contribution < -0.4 is 11.2 Å². The molecule has 1 aromatic heterocycles. The Labute approximate surface area is 141 Å². The summed E-state index contributed by atoms with van der Waals surface area (Å²) in [5.41, 5.74) is -1.51. The van der Waals surface area contributed by atoms with Crippen molar-refractivity contribution >= 4 is 42.0 Å². The Hall–Kier alpha value is -0.270. The lowest BCUT2D eigenvalue weighted by atomic mass is 10.2. The summed E-state index contributed by atoms with van der Waals surface area (Å²) in [7, 11) is -4.70. The first-order valence-corrected chi connectivity index (χ1v) is 8.82. The predicted molar refractivity (Wildman–Crippen MR) is 81.6 cm³/mol. The number of hydrogen-bond donors (Lipinski definition) is 4. The maximum atomic E-state index is 11.9. The molecule has 13 heteroatoms. The fourth-order valence-electron chi connectivity index (χ4n) is 1.95. The van der Waals surface area contributed by atoms with E-state index in [1.165, 1.54) is 0 Å². The molecule has 0 saturated carbocycles. The van der Waals surface area contributed by atoms with Gasteiger partial charge >= 0.3 is 13.5 Å². The van der Waals surface area contributed by atoms with Crippen molar-refractivity contribution in [3.05, 3.63) is 29.6 Å². The number of ether oxygens (including phenoxy) is 1. The lowest BCUT2D eigenvalue weighted by molar-refractivity contribution is -0.0459. The van der Waals surface area contributed by atoms with Crippen LogP contribution in [0.4, 0.5) is 0 Å². The first-order chi connectivity index (χ1) is 10.1. The molecule has 22 heavy (non-hydrogen) atoms. The largest absolute Gasteiger partial charge is 0.469 e. The molecule has 0 radical (unpaired) electrons. The number of aromatic nitrogens is 2. The van der Waals surface area contributed by atoms with Crippen LogP contribution in [0.2, 0.25) is 5.02 Å². The van der Waals surface area contributed by atoms with Crippen molar-refractivity contribution in [1.82, 2.24) is 9.55 Å². The van der Waals surface area contributed by atoms with Gasteiger partial charge in [-0.2, -0.15) is 0 Å². The summed E-state index contributed by atoms with van der Waals surface area (Å²) in [5.74, 6) is 0. The number of aromatic amines is 1. The zero-order chi connectivity index (χ0) is 16.7. The van der Waals surface area contributed by atoms with Gasteiger partial charge in [0, 0.05) is 6.42 Å². The highest BCUT2D eigenvalue weighted by molar-refractivity contribution is 14.1. The van der Waals surface area contributed by atoms with E-state index in [0.717, 1.165) is 4.57 Å². The summed E-state index contributed by atoms with van der Waals surface area (Å²) >= 11 is 7.46. The third-order valence-electron chi connectivity index (χ3n) is 2.93. The molecule has 1 aliphatic heterocycles. The van der Waals surface area contributed by atoms with Crippen molar-refractivity contribution in [2.24, 2.45) is 0 Å². The van der Waals surface area contributed by atoms with Crippen LogP contribution in [0.15, 0.2) is 9.59 Å². The first-order valence-electron chi connectivity index (χ1n) is 5.83. The molecule has 0 unspecified atom stereocenters. The molecule has 4 N–H and O–H groups in total. The van der Waals surface area contributed by atoms with Crippen molar-refractivity contribution in [2.75, 3.05) is 6.61 Å². The van der Waals surface area contributed by atoms with E-state index in [-0.39, 0.29) is 15.1 Å². The van der Waals surface area contributed by atoms with Crippen molar-refractivity contribution in [1.29, 1.82) is 0 Å². The van der Waals surface area contributed by atoms with E-state index in [0.29, 0.717) is 0 Å². The lowest BCUT2D eigenvalue weighted by Gasteiger charge is -2.17. The highest BCUT2D eigenvalue weighted by atomic mass is 127. The summed E-state index contributed by atoms with van der Waals surface area (Å²) in [6.45, 7) is -0.551. The van der Waals surface area contributed by atoms with Crippen LogP contribution in [-0.4, -0.2) is 43.3 Å².